The Balaban J connectivity index is 2.03. The normalized spacial score (nSPS) is 10.3. The van der Waals surface area contributed by atoms with E-state index < -0.39 is 0 Å². The van der Waals surface area contributed by atoms with Crippen LogP contribution in [0.15, 0.2) is 36.5 Å². The van der Waals surface area contributed by atoms with Crippen LogP contribution in [0.5, 0.6) is 0 Å². The summed E-state index contributed by atoms with van der Waals surface area (Å²) >= 11 is 11.5. The largest absolute Gasteiger partial charge is 0.348 e. The van der Waals surface area contributed by atoms with E-state index in [-0.39, 0.29) is 16.1 Å². The van der Waals surface area contributed by atoms with Gasteiger partial charge in [0.2, 0.25) is 0 Å². The quantitative estimate of drug-likeness (QED) is 0.879. The van der Waals surface area contributed by atoms with E-state index in [4.69, 9.17) is 23.2 Å². The van der Waals surface area contributed by atoms with Gasteiger partial charge >= 0.3 is 0 Å². The lowest BCUT2D eigenvalue weighted by atomic mass is 10.1. The SMILES string of the molecule is Cc1cccc(CNC(=O)c2cnc(Cl)c(Cl)c2)c1. The number of amides is 1. The number of benzene rings is 1. The third-order valence-electron chi connectivity index (χ3n) is 2.59. The number of nitrogens with zero attached hydrogens (tertiary/aromatic N) is 1. The average Bonchev–Trinajstić information content (AvgIpc) is 2.39. The van der Waals surface area contributed by atoms with Crippen LogP contribution in [0.25, 0.3) is 0 Å². The van der Waals surface area contributed by atoms with Gasteiger partial charge in [0.1, 0.15) is 5.15 Å². The molecule has 0 aliphatic rings. The standard InChI is InChI=1S/C14H12Cl2N2O/c1-9-3-2-4-10(5-9)7-18-14(19)11-6-12(15)13(16)17-8-11/h2-6,8H,7H2,1H3,(H,18,19). The second-order valence-electron chi connectivity index (χ2n) is 4.17. The van der Waals surface area contributed by atoms with E-state index in [1.807, 2.05) is 31.2 Å². The highest BCUT2D eigenvalue weighted by Gasteiger charge is 2.08. The number of hydrogen-bond acceptors (Lipinski definition) is 2. The molecule has 0 bridgehead atoms. The van der Waals surface area contributed by atoms with E-state index in [9.17, 15) is 4.79 Å². The van der Waals surface area contributed by atoms with Gasteiger partial charge in [-0.2, -0.15) is 0 Å². The molecule has 5 heteroatoms. The fourth-order valence-corrected chi connectivity index (χ4v) is 1.92. The molecule has 0 spiro atoms. The molecule has 0 saturated carbocycles. The van der Waals surface area contributed by atoms with E-state index in [0.29, 0.717) is 12.1 Å². The number of hydrogen-bond donors (Lipinski definition) is 1. The van der Waals surface area contributed by atoms with E-state index >= 15 is 0 Å². The highest BCUT2D eigenvalue weighted by atomic mass is 35.5. The highest BCUT2D eigenvalue weighted by molar-refractivity contribution is 6.41. The number of carbonyl (C=O) groups excluding carboxylic acids is 1. The summed E-state index contributed by atoms with van der Waals surface area (Å²) in [5.41, 5.74) is 2.59. The molecule has 1 aromatic heterocycles. The molecule has 1 N–H and O–H groups in total. The molecule has 0 atom stereocenters. The molecule has 19 heavy (non-hydrogen) atoms. The van der Waals surface area contributed by atoms with Crippen molar-refractivity contribution >= 4 is 29.1 Å². The molecular formula is C14H12Cl2N2O. The van der Waals surface area contributed by atoms with Crippen LogP contribution in [0.3, 0.4) is 0 Å². The van der Waals surface area contributed by atoms with E-state index in [1.165, 1.54) is 12.3 Å². The Morgan fingerprint density at radius 1 is 1.32 bits per heavy atom. The first-order valence-electron chi connectivity index (χ1n) is 5.71. The van der Waals surface area contributed by atoms with Gasteiger partial charge in [-0.25, -0.2) is 4.98 Å². The van der Waals surface area contributed by atoms with E-state index in [0.717, 1.165) is 11.1 Å². The number of rotatable bonds is 3. The monoisotopic (exact) mass is 294 g/mol. The molecule has 1 heterocycles. The van der Waals surface area contributed by atoms with Crippen molar-refractivity contribution in [2.75, 3.05) is 0 Å². The first-order chi connectivity index (χ1) is 9.06. The molecule has 0 aliphatic heterocycles. The second kappa shape index (κ2) is 6.04. The third-order valence-corrected chi connectivity index (χ3v) is 3.28. The number of pyridine rings is 1. The van der Waals surface area contributed by atoms with Crippen LogP contribution in [-0.4, -0.2) is 10.9 Å². The summed E-state index contributed by atoms with van der Waals surface area (Å²) in [7, 11) is 0. The molecule has 3 nitrogen and oxygen atoms in total. The topological polar surface area (TPSA) is 42.0 Å². The number of aromatic nitrogens is 1. The summed E-state index contributed by atoms with van der Waals surface area (Å²) in [5.74, 6) is -0.229. The van der Waals surface area contributed by atoms with Gasteiger partial charge in [-0.3, -0.25) is 4.79 Å². The molecule has 0 unspecified atom stereocenters. The first kappa shape index (κ1) is 13.8. The van der Waals surface area contributed by atoms with Gasteiger partial charge < -0.3 is 5.32 Å². The van der Waals surface area contributed by atoms with Crippen LogP contribution in [0.4, 0.5) is 0 Å². The second-order valence-corrected chi connectivity index (χ2v) is 4.93. The molecule has 0 radical (unpaired) electrons. The first-order valence-corrected chi connectivity index (χ1v) is 6.46. The number of aryl methyl sites for hydroxylation is 1. The Bertz CT molecular complexity index is 614. The average molecular weight is 295 g/mol. The Hall–Kier alpha value is -1.58. The molecule has 0 aliphatic carbocycles. The fraction of sp³-hybridized carbons (Fsp3) is 0.143. The van der Waals surface area contributed by atoms with Crippen molar-refractivity contribution in [2.24, 2.45) is 0 Å². The molecule has 1 aromatic carbocycles. The van der Waals surface area contributed by atoms with E-state index in [2.05, 4.69) is 10.3 Å². The summed E-state index contributed by atoms with van der Waals surface area (Å²) in [6.45, 7) is 2.47. The maximum atomic E-state index is 11.9. The van der Waals surface area contributed by atoms with Gasteiger partial charge in [0, 0.05) is 12.7 Å². The number of halogens is 2. The van der Waals surface area contributed by atoms with Crippen molar-refractivity contribution in [3.8, 4) is 0 Å². The molecule has 98 valence electrons. The van der Waals surface area contributed by atoms with Crippen molar-refractivity contribution in [1.82, 2.24) is 10.3 Å². The zero-order chi connectivity index (χ0) is 13.8. The highest BCUT2D eigenvalue weighted by Crippen LogP contribution is 2.19. The Kier molecular flexibility index (Phi) is 4.40. The summed E-state index contributed by atoms with van der Waals surface area (Å²) in [4.78, 5) is 15.8. The zero-order valence-electron chi connectivity index (χ0n) is 10.3. The Morgan fingerprint density at radius 3 is 2.79 bits per heavy atom. The maximum absolute atomic E-state index is 11.9. The fourth-order valence-electron chi connectivity index (χ4n) is 1.65. The number of nitrogens with one attached hydrogen (secondary N) is 1. The summed E-state index contributed by atoms with van der Waals surface area (Å²) in [6, 6.07) is 9.45. The van der Waals surface area contributed by atoms with Gasteiger partial charge in [-0.1, -0.05) is 53.0 Å². The van der Waals surface area contributed by atoms with Gasteiger partial charge in [-0.05, 0) is 18.6 Å². The van der Waals surface area contributed by atoms with Crippen molar-refractivity contribution < 1.29 is 4.79 Å². The smallest absolute Gasteiger partial charge is 0.253 e. The summed E-state index contributed by atoms with van der Waals surface area (Å²) in [6.07, 6.45) is 1.40. The molecule has 0 saturated heterocycles. The minimum atomic E-state index is -0.229. The van der Waals surface area contributed by atoms with Gasteiger partial charge in [-0.15, -0.1) is 0 Å². The van der Waals surface area contributed by atoms with Crippen molar-refractivity contribution in [2.45, 2.75) is 13.5 Å². The van der Waals surface area contributed by atoms with Crippen LogP contribution < -0.4 is 5.32 Å². The minimum Gasteiger partial charge on any atom is -0.348 e. The van der Waals surface area contributed by atoms with Crippen LogP contribution in [0.2, 0.25) is 10.2 Å². The van der Waals surface area contributed by atoms with Crippen LogP contribution in [0, 0.1) is 6.92 Å². The van der Waals surface area contributed by atoms with Crippen LogP contribution >= 0.6 is 23.2 Å². The Morgan fingerprint density at radius 2 is 2.11 bits per heavy atom. The van der Waals surface area contributed by atoms with Gasteiger partial charge in [0.25, 0.3) is 5.91 Å². The predicted octanol–water partition coefficient (Wildman–Crippen LogP) is 3.63. The molecular weight excluding hydrogens is 283 g/mol. The molecule has 2 rings (SSSR count). The van der Waals surface area contributed by atoms with Gasteiger partial charge in [0.05, 0.1) is 10.6 Å². The predicted molar refractivity (Wildman–Crippen MR) is 76.6 cm³/mol. The lowest BCUT2D eigenvalue weighted by Crippen LogP contribution is -2.23. The minimum absolute atomic E-state index is 0.192. The summed E-state index contributed by atoms with van der Waals surface area (Å²) < 4.78 is 0. The lowest BCUT2D eigenvalue weighted by Gasteiger charge is -2.06. The van der Waals surface area contributed by atoms with Crippen LogP contribution in [-0.2, 0) is 6.54 Å². The molecule has 2 aromatic rings. The molecule has 0 fully saturated rings. The van der Waals surface area contributed by atoms with E-state index in [1.54, 1.807) is 0 Å². The maximum Gasteiger partial charge on any atom is 0.253 e. The van der Waals surface area contributed by atoms with Gasteiger partial charge in [0.15, 0.2) is 0 Å². The van der Waals surface area contributed by atoms with Crippen molar-refractivity contribution in [3.05, 3.63) is 63.4 Å². The number of carbonyl (C=O) groups is 1. The lowest BCUT2D eigenvalue weighted by molar-refractivity contribution is 0.0950. The zero-order valence-corrected chi connectivity index (χ0v) is 11.8. The third kappa shape index (κ3) is 3.69. The molecule has 1 amide bonds. The van der Waals surface area contributed by atoms with Crippen molar-refractivity contribution in [1.29, 1.82) is 0 Å². The summed E-state index contributed by atoms with van der Waals surface area (Å²) in [5, 5.41) is 3.27. The Labute approximate surface area is 121 Å². The van der Waals surface area contributed by atoms with Crippen molar-refractivity contribution in [3.63, 3.8) is 0 Å². The van der Waals surface area contributed by atoms with Crippen LogP contribution in [0.1, 0.15) is 21.5 Å².